The molecule has 1 aromatic heterocycles. The zero-order chi connectivity index (χ0) is 11.5. The summed E-state index contributed by atoms with van der Waals surface area (Å²) in [4.78, 5) is 7.63. The quantitative estimate of drug-likeness (QED) is 0.936. The summed E-state index contributed by atoms with van der Waals surface area (Å²) in [5, 5.41) is 0. The SMILES string of the molecule is CCc1[nH]c(Br)nc1-c1cccc(OC)c1. The molecule has 0 bridgehead atoms. The number of hydrogen-bond donors (Lipinski definition) is 1. The van der Waals surface area contributed by atoms with E-state index < -0.39 is 0 Å². The van der Waals surface area contributed by atoms with E-state index in [4.69, 9.17) is 4.74 Å². The van der Waals surface area contributed by atoms with E-state index in [9.17, 15) is 0 Å². The Hall–Kier alpha value is -1.29. The molecule has 84 valence electrons. The third kappa shape index (κ3) is 2.11. The second kappa shape index (κ2) is 4.70. The summed E-state index contributed by atoms with van der Waals surface area (Å²) in [6, 6.07) is 7.92. The van der Waals surface area contributed by atoms with Crippen molar-refractivity contribution in [2.45, 2.75) is 13.3 Å². The maximum Gasteiger partial charge on any atom is 0.175 e. The number of nitrogens with zero attached hydrogens (tertiary/aromatic N) is 1. The number of methoxy groups -OCH3 is 1. The predicted molar refractivity (Wildman–Crippen MR) is 67.7 cm³/mol. The van der Waals surface area contributed by atoms with Crippen LogP contribution in [0.3, 0.4) is 0 Å². The van der Waals surface area contributed by atoms with Crippen molar-refractivity contribution < 1.29 is 4.74 Å². The molecule has 4 heteroatoms. The Morgan fingerprint density at radius 1 is 1.44 bits per heavy atom. The van der Waals surface area contributed by atoms with Crippen molar-refractivity contribution >= 4 is 15.9 Å². The van der Waals surface area contributed by atoms with E-state index in [1.165, 1.54) is 0 Å². The van der Waals surface area contributed by atoms with Crippen LogP contribution in [0.4, 0.5) is 0 Å². The number of H-pyrrole nitrogens is 1. The van der Waals surface area contributed by atoms with Crippen molar-refractivity contribution in [2.24, 2.45) is 0 Å². The zero-order valence-corrected chi connectivity index (χ0v) is 10.8. The first-order valence-corrected chi connectivity index (χ1v) is 5.92. The summed E-state index contributed by atoms with van der Waals surface area (Å²) < 4.78 is 5.97. The Bertz CT molecular complexity index is 494. The number of hydrogen-bond acceptors (Lipinski definition) is 2. The maximum absolute atomic E-state index is 5.21. The monoisotopic (exact) mass is 280 g/mol. The number of imidazole rings is 1. The number of aromatic amines is 1. The fourth-order valence-corrected chi connectivity index (χ4v) is 2.06. The summed E-state index contributed by atoms with van der Waals surface area (Å²) in [6.07, 6.45) is 0.922. The zero-order valence-electron chi connectivity index (χ0n) is 9.25. The number of benzene rings is 1. The van der Waals surface area contributed by atoms with Crippen molar-refractivity contribution in [3.8, 4) is 17.0 Å². The largest absolute Gasteiger partial charge is 0.497 e. The standard InChI is InChI=1S/C12H13BrN2O/c1-3-10-11(15-12(13)14-10)8-5-4-6-9(7-8)16-2/h4-7H,3H2,1-2H3,(H,14,15). The molecule has 0 aliphatic carbocycles. The molecule has 16 heavy (non-hydrogen) atoms. The van der Waals surface area contributed by atoms with Gasteiger partial charge in [-0.05, 0) is 34.5 Å². The molecule has 0 spiro atoms. The molecule has 0 unspecified atom stereocenters. The highest BCUT2D eigenvalue weighted by molar-refractivity contribution is 9.10. The molecular formula is C12H13BrN2O. The lowest BCUT2D eigenvalue weighted by molar-refractivity contribution is 0.415. The minimum absolute atomic E-state index is 0.766. The van der Waals surface area contributed by atoms with Gasteiger partial charge >= 0.3 is 0 Å². The van der Waals surface area contributed by atoms with Gasteiger partial charge in [0.15, 0.2) is 4.73 Å². The topological polar surface area (TPSA) is 37.9 Å². The van der Waals surface area contributed by atoms with Crippen LogP contribution in [0.15, 0.2) is 29.0 Å². The highest BCUT2D eigenvalue weighted by Gasteiger charge is 2.09. The van der Waals surface area contributed by atoms with E-state index in [1.807, 2.05) is 24.3 Å². The average molecular weight is 281 g/mol. The van der Waals surface area contributed by atoms with Gasteiger partial charge < -0.3 is 9.72 Å². The van der Waals surface area contributed by atoms with Crippen LogP contribution in [0.1, 0.15) is 12.6 Å². The Morgan fingerprint density at radius 3 is 2.94 bits per heavy atom. The molecule has 0 aliphatic rings. The van der Waals surface area contributed by atoms with Gasteiger partial charge in [0.25, 0.3) is 0 Å². The molecule has 0 saturated carbocycles. The summed E-state index contributed by atoms with van der Waals surface area (Å²) >= 11 is 3.36. The molecule has 0 radical (unpaired) electrons. The van der Waals surface area contributed by atoms with Crippen LogP contribution >= 0.6 is 15.9 Å². The third-order valence-electron chi connectivity index (χ3n) is 2.45. The lowest BCUT2D eigenvalue weighted by Gasteiger charge is -2.03. The number of nitrogens with one attached hydrogen (secondary N) is 1. The van der Waals surface area contributed by atoms with E-state index in [0.29, 0.717) is 0 Å². The van der Waals surface area contributed by atoms with E-state index in [2.05, 4.69) is 32.8 Å². The lowest BCUT2D eigenvalue weighted by atomic mass is 10.1. The summed E-state index contributed by atoms with van der Waals surface area (Å²) in [5.74, 6) is 0.846. The van der Waals surface area contributed by atoms with Crippen molar-refractivity contribution in [3.05, 3.63) is 34.7 Å². The second-order valence-corrected chi connectivity index (χ2v) is 4.19. The van der Waals surface area contributed by atoms with Crippen LogP contribution in [-0.4, -0.2) is 17.1 Å². The van der Waals surface area contributed by atoms with Gasteiger partial charge in [0, 0.05) is 11.3 Å². The van der Waals surface area contributed by atoms with Crippen molar-refractivity contribution in [2.75, 3.05) is 7.11 Å². The fourth-order valence-electron chi connectivity index (χ4n) is 1.64. The molecule has 0 fully saturated rings. The minimum Gasteiger partial charge on any atom is -0.497 e. The van der Waals surface area contributed by atoms with E-state index >= 15 is 0 Å². The van der Waals surface area contributed by atoms with Crippen molar-refractivity contribution in [3.63, 3.8) is 0 Å². The fraction of sp³-hybridized carbons (Fsp3) is 0.250. The molecule has 0 atom stereocenters. The Morgan fingerprint density at radius 2 is 2.25 bits per heavy atom. The van der Waals surface area contributed by atoms with Gasteiger partial charge in [-0.3, -0.25) is 0 Å². The van der Waals surface area contributed by atoms with E-state index in [-0.39, 0.29) is 0 Å². The normalized spacial score (nSPS) is 10.4. The lowest BCUT2D eigenvalue weighted by Crippen LogP contribution is -1.87. The molecule has 2 rings (SSSR count). The predicted octanol–water partition coefficient (Wildman–Crippen LogP) is 3.41. The highest BCUT2D eigenvalue weighted by atomic mass is 79.9. The molecule has 0 aliphatic heterocycles. The number of rotatable bonds is 3. The van der Waals surface area contributed by atoms with Crippen LogP contribution in [0.2, 0.25) is 0 Å². The van der Waals surface area contributed by atoms with Gasteiger partial charge in [-0.15, -0.1) is 0 Å². The second-order valence-electron chi connectivity index (χ2n) is 3.44. The molecular weight excluding hydrogens is 268 g/mol. The maximum atomic E-state index is 5.21. The van der Waals surface area contributed by atoms with Gasteiger partial charge in [0.1, 0.15) is 5.75 Å². The Balaban J connectivity index is 2.48. The summed E-state index contributed by atoms with van der Waals surface area (Å²) in [6.45, 7) is 2.10. The van der Waals surface area contributed by atoms with Crippen LogP contribution < -0.4 is 4.74 Å². The Labute approximate surface area is 103 Å². The number of ether oxygens (including phenoxy) is 1. The summed E-state index contributed by atoms with van der Waals surface area (Å²) in [7, 11) is 1.67. The molecule has 0 saturated heterocycles. The average Bonchev–Trinajstić information content (AvgIpc) is 2.70. The van der Waals surface area contributed by atoms with Crippen molar-refractivity contribution in [1.82, 2.24) is 9.97 Å². The highest BCUT2D eigenvalue weighted by Crippen LogP contribution is 2.26. The van der Waals surface area contributed by atoms with Crippen LogP contribution in [0.25, 0.3) is 11.3 Å². The molecule has 3 nitrogen and oxygen atoms in total. The number of aryl methyl sites for hydroxylation is 1. The molecule has 1 heterocycles. The number of aromatic nitrogens is 2. The minimum atomic E-state index is 0.766. The van der Waals surface area contributed by atoms with E-state index in [1.54, 1.807) is 7.11 Å². The van der Waals surface area contributed by atoms with Crippen LogP contribution in [0, 0.1) is 0 Å². The molecule has 0 amide bonds. The van der Waals surface area contributed by atoms with Gasteiger partial charge in [-0.1, -0.05) is 19.1 Å². The molecule has 2 aromatic rings. The molecule has 1 N–H and O–H groups in total. The van der Waals surface area contributed by atoms with Crippen molar-refractivity contribution in [1.29, 1.82) is 0 Å². The smallest absolute Gasteiger partial charge is 0.175 e. The van der Waals surface area contributed by atoms with Crippen LogP contribution in [0.5, 0.6) is 5.75 Å². The van der Waals surface area contributed by atoms with E-state index in [0.717, 1.165) is 33.9 Å². The number of halogens is 1. The van der Waals surface area contributed by atoms with Gasteiger partial charge in [-0.25, -0.2) is 4.98 Å². The Kier molecular flexibility index (Phi) is 3.29. The van der Waals surface area contributed by atoms with Gasteiger partial charge in [0.2, 0.25) is 0 Å². The first-order valence-electron chi connectivity index (χ1n) is 5.13. The van der Waals surface area contributed by atoms with Gasteiger partial charge in [0.05, 0.1) is 12.8 Å². The van der Waals surface area contributed by atoms with Gasteiger partial charge in [-0.2, -0.15) is 0 Å². The first kappa shape index (κ1) is 11.2. The van der Waals surface area contributed by atoms with Crippen LogP contribution in [-0.2, 0) is 6.42 Å². The third-order valence-corrected chi connectivity index (χ3v) is 2.82. The summed E-state index contributed by atoms with van der Waals surface area (Å²) in [5.41, 5.74) is 3.17. The molecule has 1 aromatic carbocycles. The first-order chi connectivity index (χ1) is 7.74.